The van der Waals surface area contributed by atoms with Gasteiger partial charge in [-0.05, 0) is 49.4 Å². The lowest BCUT2D eigenvalue weighted by Crippen LogP contribution is -2.38. The maximum Gasteiger partial charge on any atom is 0.254 e. The highest BCUT2D eigenvalue weighted by Gasteiger charge is 2.28. The lowest BCUT2D eigenvalue weighted by molar-refractivity contribution is 0.0611. The Balaban J connectivity index is 1.73. The summed E-state index contributed by atoms with van der Waals surface area (Å²) in [5.41, 5.74) is 1.89. The van der Waals surface area contributed by atoms with Gasteiger partial charge in [-0.2, -0.15) is 0 Å². The van der Waals surface area contributed by atoms with Crippen LogP contribution in [0, 0.1) is 0 Å². The van der Waals surface area contributed by atoms with Crippen LogP contribution in [0.3, 0.4) is 0 Å². The number of benzene rings is 1. The van der Waals surface area contributed by atoms with Crippen LogP contribution in [0.15, 0.2) is 48.7 Å². The standard InChI is InChI=1S/C21H27N3O/c1-2-3-14-22-20-13-12-18(16-23-20)19-11-7-8-15-24(19)21(25)17-9-5-4-6-10-17/h4-6,9-10,12-13,16,19H,2-3,7-8,11,14-15H2,1H3,(H,22,23)/t19-/m1/s1. The SMILES string of the molecule is CCCCNc1ccc([C@H]2CCCCN2C(=O)c2ccccc2)cn1. The van der Waals surface area contributed by atoms with Gasteiger partial charge >= 0.3 is 0 Å². The summed E-state index contributed by atoms with van der Waals surface area (Å²) < 4.78 is 0. The first-order valence-electron chi connectivity index (χ1n) is 9.35. The van der Waals surface area contributed by atoms with Crippen LogP contribution in [0.5, 0.6) is 0 Å². The smallest absolute Gasteiger partial charge is 0.254 e. The van der Waals surface area contributed by atoms with E-state index in [-0.39, 0.29) is 11.9 Å². The summed E-state index contributed by atoms with van der Waals surface area (Å²) in [5.74, 6) is 1.03. The Kier molecular flexibility index (Phi) is 6.04. The second-order valence-electron chi connectivity index (χ2n) is 6.63. The van der Waals surface area contributed by atoms with Gasteiger partial charge in [0.05, 0.1) is 6.04 Å². The molecule has 2 aromatic rings. The Morgan fingerprint density at radius 3 is 2.76 bits per heavy atom. The number of pyridine rings is 1. The molecular weight excluding hydrogens is 310 g/mol. The zero-order valence-electron chi connectivity index (χ0n) is 14.9. The highest BCUT2D eigenvalue weighted by atomic mass is 16.2. The molecule has 1 aliphatic heterocycles. The van der Waals surface area contributed by atoms with Crippen LogP contribution < -0.4 is 5.32 Å². The molecule has 3 rings (SSSR count). The summed E-state index contributed by atoms with van der Waals surface area (Å²) in [6.07, 6.45) is 7.46. The Morgan fingerprint density at radius 2 is 2.04 bits per heavy atom. The van der Waals surface area contributed by atoms with E-state index in [2.05, 4.69) is 23.3 Å². The van der Waals surface area contributed by atoms with Gasteiger partial charge in [0.15, 0.2) is 0 Å². The van der Waals surface area contributed by atoms with Crippen molar-refractivity contribution < 1.29 is 4.79 Å². The molecule has 1 amide bonds. The van der Waals surface area contributed by atoms with Gasteiger partial charge < -0.3 is 10.2 Å². The third-order valence-electron chi connectivity index (χ3n) is 4.79. The minimum absolute atomic E-state index is 0.121. The molecule has 2 heterocycles. The number of nitrogens with zero attached hydrogens (tertiary/aromatic N) is 2. The van der Waals surface area contributed by atoms with E-state index in [4.69, 9.17) is 0 Å². The number of anilines is 1. The first-order valence-corrected chi connectivity index (χ1v) is 9.35. The van der Waals surface area contributed by atoms with Crippen LogP contribution in [0.2, 0.25) is 0 Å². The van der Waals surface area contributed by atoms with Gasteiger partial charge in [0.25, 0.3) is 5.91 Å². The molecule has 0 unspecified atom stereocenters. The Morgan fingerprint density at radius 1 is 1.20 bits per heavy atom. The van der Waals surface area contributed by atoms with E-state index in [1.165, 1.54) is 6.42 Å². The molecule has 1 fully saturated rings. The summed E-state index contributed by atoms with van der Waals surface area (Å²) in [4.78, 5) is 19.5. The number of aromatic nitrogens is 1. The minimum atomic E-state index is 0.121. The van der Waals surface area contributed by atoms with Crippen molar-refractivity contribution in [1.82, 2.24) is 9.88 Å². The molecule has 0 spiro atoms. The average molecular weight is 337 g/mol. The number of carbonyl (C=O) groups is 1. The molecule has 0 saturated carbocycles. The summed E-state index contributed by atoms with van der Waals surface area (Å²) in [6.45, 7) is 3.94. The quantitative estimate of drug-likeness (QED) is 0.780. The predicted molar refractivity (Wildman–Crippen MR) is 102 cm³/mol. The van der Waals surface area contributed by atoms with Gasteiger partial charge in [0.1, 0.15) is 5.82 Å². The lowest BCUT2D eigenvalue weighted by atomic mass is 9.95. The van der Waals surface area contributed by atoms with Gasteiger partial charge in [-0.1, -0.05) is 37.6 Å². The molecule has 1 atom stereocenters. The van der Waals surface area contributed by atoms with Crippen molar-refractivity contribution in [1.29, 1.82) is 0 Å². The molecule has 4 heteroatoms. The van der Waals surface area contributed by atoms with E-state index in [1.54, 1.807) is 0 Å². The van der Waals surface area contributed by atoms with E-state index in [9.17, 15) is 4.79 Å². The van der Waals surface area contributed by atoms with Gasteiger partial charge in [0.2, 0.25) is 0 Å². The first-order chi connectivity index (χ1) is 12.3. The Bertz CT molecular complexity index is 669. The summed E-state index contributed by atoms with van der Waals surface area (Å²) >= 11 is 0. The number of unbranched alkanes of at least 4 members (excludes halogenated alkanes) is 1. The van der Waals surface area contributed by atoms with Crippen molar-refractivity contribution in [3.8, 4) is 0 Å². The Hall–Kier alpha value is -2.36. The average Bonchev–Trinajstić information content (AvgIpc) is 2.69. The van der Waals surface area contributed by atoms with Gasteiger partial charge in [-0.3, -0.25) is 4.79 Å². The molecule has 132 valence electrons. The topological polar surface area (TPSA) is 45.2 Å². The van der Waals surface area contributed by atoms with E-state index in [0.29, 0.717) is 0 Å². The normalized spacial score (nSPS) is 17.3. The number of piperidine rings is 1. The number of nitrogens with one attached hydrogen (secondary N) is 1. The van der Waals surface area contributed by atoms with Crippen LogP contribution in [0.4, 0.5) is 5.82 Å². The van der Waals surface area contributed by atoms with E-state index in [1.807, 2.05) is 47.5 Å². The molecule has 1 N–H and O–H groups in total. The lowest BCUT2D eigenvalue weighted by Gasteiger charge is -2.36. The zero-order chi connectivity index (χ0) is 17.5. The Labute approximate surface area is 150 Å². The number of hydrogen-bond donors (Lipinski definition) is 1. The second kappa shape index (κ2) is 8.65. The van der Waals surface area contributed by atoms with Crippen LogP contribution in [-0.2, 0) is 0 Å². The number of carbonyl (C=O) groups excluding carboxylic acids is 1. The first kappa shape index (κ1) is 17.5. The fourth-order valence-corrected chi connectivity index (χ4v) is 3.37. The fraction of sp³-hybridized carbons (Fsp3) is 0.429. The molecule has 1 aromatic heterocycles. The molecule has 4 nitrogen and oxygen atoms in total. The molecule has 0 radical (unpaired) electrons. The van der Waals surface area contributed by atoms with Gasteiger partial charge in [0, 0.05) is 24.8 Å². The number of amides is 1. The van der Waals surface area contributed by atoms with Crippen molar-refractivity contribution >= 4 is 11.7 Å². The minimum Gasteiger partial charge on any atom is -0.370 e. The molecule has 0 bridgehead atoms. The van der Waals surface area contributed by atoms with Crippen molar-refractivity contribution in [2.24, 2.45) is 0 Å². The largest absolute Gasteiger partial charge is 0.370 e. The third-order valence-corrected chi connectivity index (χ3v) is 4.79. The summed E-state index contributed by atoms with van der Waals surface area (Å²) in [5, 5.41) is 3.34. The molecule has 1 saturated heterocycles. The number of hydrogen-bond acceptors (Lipinski definition) is 3. The molecular formula is C21H27N3O. The highest BCUT2D eigenvalue weighted by Crippen LogP contribution is 2.32. The maximum atomic E-state index is 12.9. The molecule has 0 aliphatic carbocycles. The monoisotopic (exact) mass is 337 g/mol. The molecule has 25 heavy (non-hydrogen) atoms. The zero-order valence-corrected chi connectivity index (χ0v) is 14.9. The summed E-state index contributed by atoms with van der Waals surface area (Å²) in [6, 6.07) is 13.8. The van der Waals surface area contributed by atoms with Crippen LogP contribution in [0.1, 0.15) is 61.0 Å². The van der Waals surface area contributed by atoms with Crippen molar-refractivity contribution in [3.63, 3.8) is 0 Å². The van der Waals surface area contributed by atoms with E-state index in [0.717, 1.165) is 55.7 Å². The molecule has 1 aliphatic rings. The van der Waals surface area contributed by atoms with E-state index < -0.39 is 0 Å². The van der Waals surface area contributed by atoms with Crippen molar-refractivity contribution in [2.75, 3.05) is 18.4 Å². The fourth-order valence-electron chi connectivity index (χ4n) is 3.37. The van der Waals surface area contributed by atoms with Gasteiger partial charge in [-0.15, -0.1) is 0 Å². The van der Waals surface area contributed by atoms with Crippen molar-refractivity contribution in [2.45, 2.75) is 45.1 Å². The summed E-state index contributed by atoms with van der Waals surface area (Å²) in [7, 11) is 0. The number of likely N-dealkylation sites (tertiary alicyclic amines) is 1. The second-order valence-corrected chi connectivity index (χ2v) is 6.63. The maximum absolute atomic E-state index is 12.9. The number of rotatable bonds is 6. The van der Waals surface area contributed by atoms with Crippen LogP contribution in [0.25, 0.3) is 0 Å². The van der Waals surface area contributed by atoms with Crippen LogP contribution in [-0.4, -0.2) is 28.9 Å². The van der Waals surface area contributed by atoms with Crippen molar-refractivity contribution in [3.05, 3.63) is 59.8 Å². The third kappa shape index (κ3) is 4.38. The highest BCUT2D eigenvalue weighted by molar-refractivity contribution is 5.94. The predicted octanol–water partition coefficient (Wildman–Crippen LogP) is 4.66. The van der Waals surface area contributed by atoms with Crippen LogP contribution >= 0.6 is 0 Å². The molecule has 1 aromatic carbocycles. The van der Waals surface area contributed by atoms with Gasteiger partial charge in [-0.25, -0.2) is 4.98 Å². The van der Waals surface area contributed by atoms with E-state index >= 15 is 0 Å².